The van der Waals surface area contributed by atoms with E-state index in [2.05, 4.69) is 0 Å². The lowest BCUT2D eigenvalue weighted by Gasteiger charge is -2.27. The minimum Gasteiger partial charge on any atom is -0.478 e. The van der Waals surface area contributed by atoms with Crippen LogP contribution in [0.2, 0.25) is 0 Å². The Morgan fingerprint density at radius 3 is 1.03 bits per heavy atom. The van der Waals surface area contributed by atoms with Crippen molar-refractivity contribution in [2.75, 3.05) is 19.8 Å². The molecule has 0 heterocycles. The maximum Gasteiger partial charge on any atom is 0.331 e. The van der Waals surface area contributed by atoms with Crippen LogP contribution in [0.1, 0.15) is 6.92 Å². The van der Waals surface area contributed by atoms with Gasteiger partial charge in [0.1, 0.15) is 19.8 Å². The van der Waals surface area contributed by atoms with Crippen LogP contribution in [0.15, 0.2) is 36.5 Å². The topological polar surface area (TPSA) is 191 Å². The molecule has 0 aliphatic heterocycles. The first-order valence-corrected chi connectivity index (χ1v) is 7.67. The highest BCUT2D eigenvalue weighted by Gasteiger charge is 2.30. The Morgan fingerprint density at radius 2 is 0.828 bits per heavy atom. The zero-order valence-corrected chi connectivity index (χ0v) is 15.1. The molecule has 0 atom stereocenters. The lowest BCUT2D eigenvalue weighted by molar-refractivity contribution is -0.155. The first-order valence-electron chi connectivity index (χ1n) is 7.67. The number of ether oxygens (including phenoxy) is 3. The number of hydrogen-bond donors (Lipinski definition) is 3. The first-order chi connectivity index (χ1) is 13.4. The molecule has 0 aromatic rings. The molecule has 0 aromatic heterocycles. The van der Waals surface area contributed by atoms with E-state index < -0.39 is 61.1 Å². The summed E-state index contributed by atoms with van der Waals surface area (Å²) in [6.45, 7) is -0.0749. The second kappa shape index (κ2) is 12.4. The standard InChI is InChI=1S/C17H18O12/c1-17(8-27-14(24)5-2-11(18)19,9-28-15(25)6-3-12(20)21)10-29-16(26)7-4-13(22)23/h2-7H,8-10H2,1H3,(H,18,19)(H,20,21)(H,22,23). The Labute approximate surface area is 163 Å². The Balaban J connectivity index is 5.04. The van der Waals surface area contributed by atoms with Crippen molar-refractivity contribution in [3.8, 4) is 0 Å². The van der Waals surface area contributed by atoms with Gasteiger partial charge >= 0.3 is 35.8 Å². The van der Waals surface area contributed by atoms with Gasteiger partial charge in [-0.3, -0.25) is 0 Å². The summed E-state index contributed by atoms with van der Waals surface area (Å²) in [6, 6.07) is 0. The first kappa shape index (κ1) is 25.0. The van der Waals surface area contributed by atoms with Crippen molar-refractivity contribution in [3.63, 3.8) is 0 Å². The molecule has 0 fully saturated rings. The summed E-state index contributed by atoms with van der Waals surface area (Å²) in [5.74, 6) is -7.26. The molecular weight excluding hydrogens is 396 g/mol. The van der Waals surface area contributed by atoms with E-state index in [9.17, 15) is 28.8 Å². The van der Waals surface area contributed by atoms with Crippen LogP contribution < -0.4 is 0 Å². The lowest BCUT2D eigenvalue weighted by Crippen LogP contribution is -2.36. The zero-order chi connectivity index (χ0) is 22.4. The number of hydrogen-bond acceptors (Lipinski definition) is 9. The van der Waals surface area contributed by atoms with E-state index in [1.165, 1.54) is 6.92 Å². The van der Waals surface area contributed by atoms with Crippen LogP contribution in [-0.2, 0) is 43.0 Å². The van der Waals surface area contributed by atoms with E-state index in [-0.39, 0.29) is 0 Å². The van der Waals surface area contributed by atoms with E-state index >= 15 is 0 Å². The van der Waals surface area contributed by atoms with Crippen molar-refractivity contribution < 1.29 is 58.3 Å². The van der Waals surface area contributed by atoms with Crippen LogP contribution >= 0.6 is 0 Å². The van der Waals surface area contributed by atoms with E-state index in [4.69, 9.17) is 29.5 Å². The van der Waals surface area contributed by atoms with Crippen LogP contribution in [0.5, 0.6) is 0 Å². The van der Waals surface area contributed by atoms with Gasteiger partial charge in [0.15, 0.2) is 0 Å². The molecule has 0 aromatic carbocycles. The Hall–Kier alpha value is -3.96. The monoisotopic (exact) mass is 414 g/mol. The molecule has 0 unspecified atom stereocenters. The molecule has 0 spiro atoms. The maximum absolute atomic E-state index is 11.5. The van der Waals surface area contributed by atoms with E-state index in [0.29, 0.717) is 36.5 Å². The van der Waals surface area contributed by atoms with Gasteiger partial charge in [-0.1, -0.05) is 0 Å². The molecule has 0 aliphatic rings. The second-order valence-electron chi connectivity index (χ2n) is 5.65. The summed E-state index contributed by atoms with van der Waals surface area (Å²) in [4.78, 5) is 65.6. The van der Waals surface area contributed by atoms with Crippen molar-refractivity contribution >= 4 is 35.8 Å². The van der Waals surface area contributed by atoms with Crippen LogP contribution in [0, 0.1) is 5.41 Å². The van der Waals surface area contributed by atoms with Crippen LogP contribution in [0.3, 0.4) is 0 Å². The smallest absolute Gasteiger partial charge is 0.331 e. The SMILES string of the molecule is CC(COC(=O)C=CC(=O)O)(COC(=O)C=CC(=O)O)COC(=O)C=CC(=O)O. The van der Waals surface area contributed by atoms with Crippen molar-refractivity contribution in [2.24, 2.45) is 5.41 Å². The number of rotatable bonds is 12. The summed E-state index contributed by atoms with van der Waals surface area (Å²) >= 11 is 0. The molecule has 0 radical (unpaired) electrons. The second-order valence-corrected chi connectivity index (χ2v) is 5.65. The Kier molecular flexibility index (Phi) is 10.7. The predicted molar refractivity (Wildman–Crippen MR) is 91.3 cm³/mol. The summed E-state index contributed by atoms with van der Waals surface area (Å²) in [7, 11) is 0. The fraction of sp³-hybridized carbons (Fsp3) is 0.294. The molecular formula is C17H18O12. The quantitative estimate of drug-likeness (QED) is 0.212. The molecule has 29 heavy (non-hydrogen) atoms. The fourth-order valence-corrected chi connectivity index (χ4v) is 1.42. The van der Waals surface area contributed by atoms with Crippen molar-refractivity contribution in [3.05, 3.63) is 36.5 Å². The van der Waals surface area contributed by atoms with Crippen molar-refractivity contribution in [1.82, 2.24) is 0 Å². The zero-order valence-electron chi connectivity index (χ0n) is 15.1. The van der Waals surface area contributed by atoms with Crippen LogP contribution in [-0.4, -0.2) is 71.0 Å². The molecule has 12 heteroatoms. The van der Waals surface area contributed by atoms with Gasteiger partial charge in [-0.05, 0) is 6.92 Å². The van der Waals surface area contributed by atoms with Gasteiger partial charge in [-0.15, -0.1) is 0 Å². The molecule has 12 nitrogen and oxygen atoms in total. The molecule has 0 saturated heterocycles. The third-order valence-electron chi connectivity index (χ3n) is 2.77. The Bertz CT molecular complexity index is 646. The van der Waals surface area contributed by atoms with Crippen LogP contribution in [0.4, 0.5) is 0 Å². The predicted octanol–water partition coefficient (Wildman–Crippen LogP) is -0.455. The number of esters is 3. The highest BCUT2D eigenvalue weighted by Crippen LogP contribution is 2.19. The normalized spacial score (nSPS) is 13.1. The summed E-state index contributed by atoms with van der Waals surface area (Å²) < 4.78 is 14.5. The molecule has 158 valence electrons. The van der Waals surface area contributed by atoms with Crippen LogP contribution in [0.25, 0.3) is 0 Å². The number of aliphatic carboxylic acids is 3. The van der Waals surface area contributed by atoms with Gasteiger partial charge in [0, 0.05) is 36.5 Å². The molecule has 0 aliphatic carbocycles. The minimum atomic E-state index is -1.39. The van der Waals surface area contributed by atoms with Gasteiger partial charge in [0.25, 0.3) is 0 Å². The third kappa shape index (κ3) is 13.8. The highest BCUT2D eigenvalue weighted by atomic mass is 16.6. The summed E-state index contributed by atoms with van der Waals surface area (Å²) in [6.07, 6.45) is 3.50. The number of carbonyl (C=O) groups is 6. The molecule has 0 bridgehead atoms. The van der Waals surface area contributed by atoms with Gasteiger partial charge in [0.2, 0.25) is 0 Å². The van der Waals surface area contributed by atoms with Gasteiger partial charge in [-0.2, -0.15) is 0 Å². The number of carboxylic acids is 3. The Morgan fingerprint density at radius 1 is 0.586 bits per heavy atom. The van der Waals surface area contributed by atoms with Gasteiger partial charge in [-0.25, -0.2) is 28.8 Å². The summed E-state index contributed by atoms with van der Waals surface area (Å²) in [5.41, 5.74) is -1.31. The van der Waals surface area contributed by atoms with Gasteiger partial charge in [0.05, 0.1) is 5.41 Å². The molecule has 0 amide bonds. The van der Waals surface area contributed by atoms with Gasteiger partial charge < -0.3 is 29.5 Å². The number of carbonyl (C=O) groups excluding carboxylic acids is 3. The minimum absolute atomic E-state index is 0.484. The average molecular weight is 414 g/mol. The van der Waals surface area contributed by atoms with E-state index in [1.54, 1.807) is 0 Å². The third-order valence-corrected chi connectivity index (χ3v) is 2.77. The lowest BCUT2D eigenvalue weighted by atomic mass is 9.94. The molecule has 0 rings (SSSR count). The molecule has 0 saturated carbocycles. The van der Waals surface area contributed by atoms with E-state index in [1.807, 2.05) is 0 Å². The fourth-order valence-electron chi connectivity index (χ4n) is 1.42. The van der Waals surface area contributed by atoms with E-state index in [0.717, 1.165) is 0 Å². The largest absolute Gasteiger partial charge is 0.478 e. The number of carboxylic acid groups (broad SMARTS) is 3. The maximum atomic E-state index is 11.5. The average Bonchev–Trinajstić information content (AvgIpc) is 2.64. The summed E-state index contributed by atoms with van der Waals surface area (Å²) in [5, 5.41) is 25.4. The molecule has 3 N–H and O–H groups in total. The highest BCUT2D eigenvalue weighted by molar-refractivity contribution is 5.92. The van der Waals surface area contributed by atoms with Crippen molar-refractivity contribution in [1.29, 1.82) is 0 Å². The van der Waals surface area contributed by atoms with Crippen molar-refractivity contribution in [2.45, 2.75) is 6.92 Å².